The quantitative estimate of drug-likeness (QED) is 0.841. The molecule has 1 aromatic carbocycles. The van der Waals surface area contributed by atoms with Gasteiger partial charge in [0.25, 0.3) is 0 Å². The summed E-state index contributed by atoms with van der Waals surface area (Å²) >= 11 is 0. The van der Waals surface area contributed by atoms with Gasteiger partial charge in [0.05, 0.1) is 0 Å². The van der Waals surface area contributed by atoms with Gasteiger partial charge >= 0.3 is 5.97 Å². The molecule has 1 aromatic heterocycles. The third-order valence-electron chi connectivity index (χ3n) is 2.97. The van der Waals surface area contributed by atoms with Crippen LogP contribution in [0.5, 0.6) is 0 Å². The molecule has 17 heavy (non-hydrogen) atoms. The molecular formula is C13H16N2O2. The topological polar surface area (TPSA) is 68.2 Å². The number of aliphatic carboxylic acids is 1. The number of aromatic nitrogens is 1. The van der Waals surface area contributed by atoms with E-state index in [2.05, 4.69) is 11.5 Å². The normalized spacial score (nSPS) is 12.8. The van der Waals surface area contributed by atoms with E-state index in [1.165, 1.54) is 0 Å². The second kappa shape index (κ2) is 4.59. The van der Waals surface area contributed by atoms with E-state index in [0.29, 0.717) is 6.42 Å². The van der Waals surface area contributed by atoms with Gasteiger partial charge in [-0.3, -0.25) is 4.79 Å². The highest BCUT2D eigenvalue weighted by atomic mass is 16.4. The molecule has 0 bridgehead atoms. The Balaban J connectivity index is 2.44. The first kappa shape index (κ1) is 11.7. The zero-order chi connectivity index (χ0) is 12.4. The Labute approximate surface area is 99.7 Å². The van der Waals surface area contributed by atoms with Crippen LogP contribution in [0.3, 0.4) is 0 Å². The molecule has 0 aliphatic heterocycles. The molecule has 0 saturated carbocycles. The molecule has 0 spiro atoms. The molecule has 0 aliphatic carbocycles. The van der Waals surface area contributed by atoms with Gasteiger partial charge < -0.3 is 15.4 Å². The van der Waals surface area contributed by atoms with E-state index < -0.39 is 12.0 Å². The van der Waals surface area contributed by atoms with E-state index in [-0.39, 0.29) is 0 Å². The van der Waals surface area contributed by atoms with E-state index >= 15 is 0 Å². The first-order valence-corrected chi connectivity index (χ1v) is 5.68. The van der Waals surface area contributed by atoms with E-state index in [4.69, 9.17) is 10.8 Å². The summed E-state index contributed by atoms with van der Waals surface area (Å²) in [6.45, 7) is 2.93. The Morgan fingerprint density at radius 3 is 2.82 bits per heavy atom. The zero-order valence-electron chi connectivity index (χ0n) is 9.76. The summed E-state index contributed by atoms with van der Waals surface area (Å²) in [5.74, 6) is -0.960. The lowest BCUT2D eigenvalue weighted by Crippen LogP contribution is -2.32. The fourth-order valence-corrected chi connectivity index (χ4v) is 2.07. The standard InChI is InChI=1S/C13H16N2O2/c1-2-15-8-9(7-11(14)13(16)17)10-5-3-4-6-12(10)15/h3-6,8,11H,2,7,14H2,1H3,(H,16,17)/t11-/m1/s1. The maximum absolute atomic E-state index is 10.8. The van der Waals surface area contributed by atoms with Gasteiger partial charge in [0.1, 0.15) is 6.04 Å². The minimum Gasteiger partial charge on any atom is -0.480 e. The Morgan fingerprint density at radius 2 is 2.18 bits per heavy atom. The molecule has 0 amide bonds. The van der Waals surface area contributed by atoms with Crippen molar-refractivity contribution in [3.05, 3.63) is 36.0 Å². The van der Waals surface area contributed by atoms with Crippen LogP contribution in [0.15, 0.2) is 30.5 Å². The van der Waals surface area contributed by atoms with E-state index in [0.717, 1.165) is 23.0 Å². The molecule has 2 aromatic rings. The monoisotopic (exact) mass is 232 g/mol. The van der Waals surface area contributed by atoms with Crippen molar-refractivity contribution in [3.8, 4) is 0 Å². The van der Waals surface area contributed by atoms with Crippen LogP contribution >= 0.6 is 0 Å². The number of para-hydroxylation sites is 1. The summed E-state index contributed by atoms with van der Waals surface area (Å²) in [5.41, 5.74) is 7.71. The number of fused-ring (bicyclic) bond motifs is 1. The van der Waals surface area contributed by atoms with Crippen LogP contribution in [0.2, 0.25) is 0 Å². The Bertz CT molecular complexity index is 545. The summed E-state index contributed by atoms with van der Waals surface area (Å²) in [5, 5.41) is 9.94. The first-order valence-electron chi connectivity index (χ1n) is 5.68. The summed E-state index contributed by atoms with van der Waals surface area (Å²) in [6, 6.07) is 7.14. The van der Waals surface area contributed by atoms with Crippen molar-refractivity contribution in [2.45, 2.75) is 25.9 Å². The number of aryl methyl sites for hydroxylation is 1. The van der Waals surface area contributed by atoms with Gasteiger partial charge in [-0.25, -0.2) is 0 Å². The summed E-state index contributed by atoms with van der Waals surface area (Å²) < 4.78 is 2.11. The van der Waals surface area contributed by atoms with Gasteiger partial charge in [-0.1, -0.05) is 18.2 Å². The number of hydrogen-bond acceptors (Lipinski definition) is 2. The van der Waals surface area contributed by atoms with Crippen LogP contribution in [-0.2, 0) is 17.8 Å². The number of nitrogens with zero attached hydrogens (tertiary/aromatic N) is 1. The fourth-order valence-electron chi connectivity index (χ4n) is 2.07. The number of carbonyl (C=O) groups is 1. The largest absolute Gasteiger partial charge is 0.480 e. The minimum absolute atomic E-state index is 0.364. The lowest BCUT2D eigenvalue weighted by molar-refractivity contribution is -0.138. The van der Waals surface area contributed by atoms with Crippen molar-refractivity contribution in [3.63, 3.8) is 0 Å². The number of benzene rings is 1. The summed E-state index contributed by atoms with van der Waals surface area (Å²) in [4.78, 5) is 10.8. The van der Waals surface area contributed by atoms with Crippen molar-refractivity contribution in [2.24, 2.45) is 5.73 Å². The highest BCUT2D eigenvalue weighted by Gasteiger charge is 2.15. The third-order valence-corrected chi connectivity index (χ3v) is 2.97. The average molecular weight is 232 g/mol. The van der Waals surface area contributed by atoms with Crippen LogP contribution in [0.1, 0.15) is 12.5 Å². The second-order valence-corrected chi connectivity index (χ2v) is 4.11. The molecule has 0 aliphatic rings. The smallest absolute Gasteiger partial charge is 0.320 e. The molecule has 0 fully saturated rings. The van der Waals surface area contributed by atoms with E-state index in [1.54, 1.807) is 0 Å². The first-order chi connectivity index (χ1) is 8.13. The van der Waals surface area contributed by atoms with Gasteiger partial charge in [0, 0.05) is 30.1 Å². The average Bonchev–Trinajstić information content (AvgIpc) is 2.68. The number of rotatable bonds is 4. The second-order valence-electron chi connectivity index (χ2n) is 4.11. The fraction of sp³-hybridized carbons (Fsp3) is 0.308. The molecule has 0 radical (unpaired) electrons. The lowest BCUT2D eigenvalue weighted by atomic mass is 10.1. The van der Waals surface area contributed by atoms with E-state index in [1.807, 2.05) is 30.5 Å². The number of carboxylic acids is 1. The molecule has 1 atom stereocenters. The zero-order valence-corrected chi connectivity index (χ0v) is 9.76. The summed E-state index contributed by atoms with van der Waals surface area (Å²) in [6.07, 6.45) is 2.36. The van der Waals surface area contributed by atoms with Crippen LogP contribution in [0.25, 0.3) is 10.9 Å². The van der Waals surface area contributed by atoms with Crippen LogP contribution in [0, 0.1) is 0 Å². The van der Waals surface area contributed by atoms with Gasteiger partial charge in [-0.2, -0.15) is 0 Å². The maximum atomic E-state index is 10.8. The molecule has 0 saturated heterocycles. The van der Waals surface area contributed by atoms with E-state index in [9.17, 15) is 4.79 Å². The Morgan fingerprint density at radius 1 is 1.47 bits per heavy atom. The summed E-state index contributed by atoms with van der Waals surface area (Å²) in [7, 11) is 0. The molecule has 4 heteroatoms. The Hall–Kier alpha value is -1.81. The molecule has 0 unspecified atom stereocenters. The molecular weight excluding hydrogens is 216 g/mol. The van der Waals surface area contributed by atoms with Crippen molar-refractivity contribution in [2.75, 3.05) is 0 Å². The number of nitrogens with two attached hydrogens (primary N) is 1. The predicted octanol–water partition coefficient (Wildman–Crippen LogP) is 1.62. The third kappa shape index (κ3) is 2.17. The van der Waals surface area contributed by atoms with Crippen LogP contribution in [0.4, 0.5) is 0 Å². The SMILES string of the molecule is CCn1cc(C[C@@H](N)C(=O)O)c2ccccc21. The Kier molecular flexibility index (Phi) is 3.15. The number of carboxylic acid groups (broad SMARTS) is 1. The van der Waals surface area contributed by atoms with Crippen LogP contribution < -0.4 is 5.73 Å². The lowest BCUT2D eigenvalue weighted by Gasteiger charge is -2.04. The molecule has 4 nitrogen and oxygen atoms in total. The van der Waals surface area contributed by atoms with Gasteiger partial charge in [-0.05, 0) is 18.6 Å². The molecule has 1 heterocycles. The van der Waals surface area contributed by atoms with Crippen molar-refractivity contribution in [1.29, 1.82) is 0 Å². The van der Waals surface area contributed by atoms with Gasteiger partial charge in [0.15, 0.2) is 0 Å². The highest BCUT2D eigenvalue weighted by Crippen LogP contribution is 2.22. The molecule has 3 N–H and O–H groups in total. The van der Waals surface area contributed by atoms with Gasteiger partial charge in [0.2, 0.25) is 0 Å². The van der Waals surface area contributed by atoms with Gasteiger partial charge in [-0.15, -0.1) is 0 Å². The molecule has 90 valence electrons. The van der Waals surface area contributed by atoms with Crippen molar-refractivity contribution < 1.29 is 9.90 Å². The maximum Gasteiger partial charge on any atom is 0.320 e. The van der Waals surface area contributed by atoms with Crippen molar-refractivity contribution >= 4 is 16.9 Å². The number of hydrogen-bond donors (Lipinski definition) is 2. The highest BCUT2D eigenvalue weighted by molar-refractivity contribution is 5.85. The minimum atomic E-state index is -0.960. The molecule has 2 rings (SSSR count). The van der Waals surface area contributed by atoms with Crippen LogP contribution in [-0.4, -0.2) is 21.7 Å². The van der Waals surface area contributed by atoms with Crippen molar-refractivity contribution in [1.82, 2.24) is 4.57 Å². The predicted molar refractivity (Wildman–Crippen MR) is 66.9 cm³/mol.